The highest BCUT2D eigenvalue weighted by Crippen LogP contribution is 2.26. The molecule has 28 heavy (non-hydrogen) atoms. The number of hydrogen-bond acceptors (Lipinski definition) is 2. The van der Waals surface area contributed by atoms with Crippen LogP contribution in [0.1, 0.15) is 29.5 Å². The highest BCUT2D eigenvalue weighted by Gasteiger charge is 2.22. The average molecular weight is 387 g/mol. The van der Waals surface area contributed by atoms with Gasteiger partial charge in [0.05, 0.1) is 0 Å². The molecule has 1 saturated heterocycles. The molecule has 1 atom stereocenters. The first kappa shape index (κ1) is 20.3. The van der Waals surface area contributed by atoms with E-state index in [0.29, 0.717) is 17.9 Å². The number of halogens is 2. The van der Waals surface area contributed by atoms with Gasteiger partial charge in [0.2, 0.25) is 0 Å². The second-order valence-corrected chi connectivity index (χ2v) is 7.55. The number of piperidine rings is 1. The van der Waals surface area contributed by atoms with Crippen molar-refractivity contribution in [1.82, 2.24) is 10.2 Å². The van der Waals surface area contributed by atoms with Crippen LogP contribution in [0.3, 0.4) is 0 Å². The molecule has 0 aromatic heterocycles. The summed E-state index contributed by atoms with van der Waals surface area (Å²) in [7, 11) is 1.59. The van der Waals surface area contributed by atoms with Gasteiger partial charge in [-0.3, -0.25) is 4.90 Å². The van der Waals surface area contributed by atoms with Crippen molar-refractivity contribution in [3.8, 4) is 0 Å². The topological polar surface area (TPSA) is 44.4 Å². The van der Waals surface area contributed by atoms with Crippen LogP contribution in [0.25, 0.3) is 0 Å². The van der Waals surface area contributed by atoms with Crippen LogP contribution < -0.4 is 10.6 Å². The lowest BCUT2D eigenvalue weighted by Crippen LogP contribution is -2.36. The molecule has 2 amide bonds. The van der Waals surface area contributed by atoms with Gasteiger partial charge >= 0.3 is 6.03 Å². The monoisotopic (exact) mass is 387 g/mol. The number of carbonyl (C=O) groups is 1. The van der Waals surface area contributed by atoms with Crippen molar-refractivity contribution < 1.29 is 13.6 Å². The average Bonchev–Trinajstić information content (AvgIpc) is 2.66. The van der Waals surface area contributed by atoms with Crippen LogP contribution in [0.2, 0.25) is 0 Å². The van der Waals surface area contributed by atoms with E-state index in [1.807, 2.05) is 19.1 Å². The van der Waals surface area contributed by atoms with Gasteiger partial charge in [-0.2, -0.15) is 0 Å². The Labute approximate surface area is 164 Å². The molecule has 3 rings (SSSR count). The summed E-state index contributed by atoms with van der Waals surface area (Å²) in [5.74, 6) is -0.677. The first-order valence-corrected chi connectivity index (χ1v) is 9.69. The summed E-state index contributed by atoms with van der Waals surface area (Å²) in [6, 6.07) is 9.58. The summed E-state index contributed by atoms with van der Waals surface area (Å²) < 4.78 is 27.1. The van der Waals surface area contributed by atoms with Gasteiger partial charge in [-0.15, -0.1) is 0 Å². The van der Waals surface area contributed by atoms with Crippen LogP contribution in [0.4, 0.5) is 19.3 Å². The predicted octanol–water partition coefficient (Wildman–Crippen LogP) is 4.48. The molecule has 6 heteroatoms. The maximum atomic E-state index is 14.0. The van der Waals surface area contributed by atoms with Gasteiger partial charge in [-0.1, -0.05) is 23.8 Å². The zero-order chi connectivity index (χ0) is 20.1. The highest BCUT2D eigenvalue weighted by atomic mass is 19.1. The van der Waals surface area contributed by atoms with E-state index in [0.717, 1.165) is 55.4 Å². The third kappa shape index (κ3) is 5.29. The Bertz CT molecular complexity index is 841. The third-order valence-electron chi connectivity index (χ3n) is 5.26. The molecule has 2 aromatic rings. The van der Waals surface area contributed by atoms with Gasteiger partial charge in [-0.05, 0) is 61.9 Å². The van der Waals surface area contributed by atoms with Crippen molar-refractivity contribution in [3.05, 3.63) is 64.7 Å². The van der Waals surface area contributed by atoms with E-state index < -0.39 is 11.6 Å². The van der Waals surface area contributed by atoms with E-state index in [9.17, 15) is 13.6 Å². The van der Waals surface area contributed by atoms with Crippen LogP contribution >= 0.6 is 0 Å². The van der Waals surface area contributed by atoms with Crippen molar-refractivity contribution in [2.24, 2.45) is 5.92 Å². The summed E-state index contributed by atoms with van der Waals surface area (Å²) in [6.45, 7) is 4.58. The smallest absolute Gasteiger partial charge is 0.318 e. The maximum Gasteiger partial charge on any atom is 0.318 e. The molecule has 0 bridgehead atoms. The number of carbonyl (C=O) groups excluding carboxylic acids is 1. The molecule has 4 nitrogen and oxygen atoms in total. The Morgan fingerprint density at radius 2 is 2.00 bits per heavy atom. The van der Waals surface area contributed by atoms with Gasteiger partial charge in [0.15, 0.2) is 0 Å². The number of nitrogens with one attached hydrogen (secondary N) is 2. The quantitative estimate of drug-likeness (QED) is 0.795. The summed E-state index contributed by atoms with van der Waals surface area (Å²) in [5, 5.41) is 5.46. The molecular formula is C22H27F2N3O. The Morgan fingerprint density at radius 3 is 2.75 bits per heavy atom. The molecule has 1 aliphatic heterocycles. The summed E-state index contributed by atoms with van der Waals surface area (Å²) in [6.07, 6.45) is 2.68. The van der Waals surface area contributed by atoms with E-state index in [4.69, 9.17) is 0 Å². The Morgan fingerprint density at radius 1 is 1.18 bits per heavy atom. The largest absolute Gasteiger partial charge is 0.341 e. The third-order valence-corrected chi connectivity index (χ3v) is 5.26. The van der Waals surface area contributed by atoms with Crippen molar-refractivity contribution >= 4 is 11.7 Å². The van der Waals surface area contributed by atoms with Crippen molar-refractivity contribution in [1.29, 1.82) is 0 Å². The SMILES string of the molecule is CNC(=O)Nc1ccc(C)cc1CN1CCCC(Cc2ccc(F)cc2F)C1. The number of rotatable bonds is 5. The lowest BCUT2D eigenvalue weighted by Gasteiger charge is -2.33. The Kier molecular flexibility index (Phi) is 6.62. The number of benzene rings is 2. The molecule has 0 saturated carbocycles. The second-order valence-electron chi connectivity index (χ2n) is 7.55. The molecule has 0 spiro atoms. The summed E-state index contributed by atoms with van der Waals surface area (Å²) in [4.78, 5) is 14.1. The zero-order valence-electron chi connectivity index (χ0n) is 16.4. The van der Waals surface area contributed by atoms with E-state index in [-0.39, 0.29) is 6.03 Å². The van der Waals surface area contributed by atoms with Crippen LogP contribution in [0, 0.1) is 24.5 Å². The van der Waals surface area contributed by atoms with Gasteiger partial charge in [0.1, 0.15) is 11.6 Å². The standard InChI is InChI=1S/C22H27F2N3O/c1-15-5-8-21(26-22(28)25-2)18(10-15)14-27-9-3-4-16(13-27)11-17-6-7-19(23)12-20(17)24/h5-8,10,12,16H,3-4,9,11,13-14H2,1-2H3,(H2,25,26,28). The molecular weight excluding hydrogens is 360 g/mol. The fourth-order valence-corrected chi connectivity index (χ4v) is 3.86. The fraction of sp³-hybridized carbons (Fsp3) is 0.409. The predicted molar refractivity (Wildman–Crippen MR) is 107 cm³/mol. The van der Waals surface area contributed by atoms with Crippen LogP contribution in [-0.2, 0) is 13.0 Å². The lowest BCUT2D eigenvalue weighted by atomic mass is 9.90. The summed E-state index contributed by atoms with van der Waals surface area (Å²) >= 11 is 0. The van der Waals surface area contributed by atoms with Gasteiger partial charge < -0.3 is 10.6 Å². The summed E-state index contributed by atoms with van der Waals surface area (Å²) in [5.41, 5.74) is 3.58. The van der Waals surface area contributed by atoms with E-state index in [2.05, 4.69) is 21.6 Å². The van der Waals surface area contributed by atoms with Crippen LogP contribution in [0.15, 0.2) is 36.4 Å². The normalized spacial score (nSPS) is 17.4. The Hall–Kier alpha value is -2.47. The number of likely N-dealkylation sites (tertiary alicyclic amines) is 1. The molecule has 2 N–H and O–H groups in total. The van der Waals surface area contributed by atoms with Gasteiger partial charge in [-0.25, -0.2) is 13.6 Å². The molecule has 1 fully saturated rings. The number of nitrogens with zero attached hydrogens (tertiary/aromatic N) is 1. The number of anilines is 1. The maximum absolute atomic E-state index is 14.0. The molecule has 150 valence electrons. The number of urea groups is 1. The van der Waals surface area contributed by atoms with E-state index in [1.54, 1.807) is 13.1 Å². The van der Waals surface area contributed by atoms with Gasteiger partial charge in [0, 0.05) is 31.9 Å². The van der Waals surface area contributed by atoms with Crippen molar-refractivity contribution in [2.75, 3.05) is 25.5 Å². The molecule has 1 unspecified atom stereocenters. The van der Waals surface area contributed by atoms with Crippen LogP contribution in [-0.4, -0.2) is 31.1 Å². The fourth-order valence-electron chi connectivity index (χ4n) is 3.86. The van der Waals surface area contributed by atoms with E-state index >= 15 is 0 Å². The number of hydrogen-bond donors (Lipinski definition) is 2. The highest BCUT2D eigenvalue weighted by molar-refractivity contribution is 5.89. The molecule has 0 aliphatic carbocycles. The van der Waals surface area contributed by atoms with Crippen LogP contribution in [0.5, 0.6) is 0 Å². The molecule has 1 heterocycles. The first-order valence-electron chi connectivity index (χ1n) is 9.69. The number of amides is 2. The van der Waals surface area contributed by atoms with Crippen molar-refractivity contribution in [3.63, 3.8) is 0 Å². The second kappa shape index (κ2) is 9.15. The lowest BCUT2D eigenvalue weighted by molar-refractivity contribution is 0.166. The molecule has 1 aliphatic rings. The van der Waals surface area contributed by atoms with Crippen molar-refractivity contribution in [2.45, 2.75) is 32.7 Å². The minimum Gasteiger partial charge on any atom is -0.341 e. The zero-order valence-corrected chi connectivity index (χ0v) is 16.4. The van der Waals surface area contributed by atoms with E-state index in [1.165, 1.54) is 6.07 Å². The molecule has 0 radical (unpaired) electrons. The minimum atomic E-state index is -0.540. The number of aryl methyl sites for hydroxylation is 1. The minimum absolute atomic E-state index is 0.242. The Balaban J connectivity index is 1.68. The first-order chi connectivity index (χ1) is 13.4. The van der Waals surface area contributed by atoms with Gasteiger partial charge in [0.25, 0.3) is 0 Å². The molecule has 2 aromatic carbocycles.